The Balaban J connectivity index is 1.86. The van der Waals surface area contributed by atoms with Crippen molar-refractivity contribution in [2.45, 2.75) is 0 Å². The van der Waals surface area contributed by atoms with Crippen LogP contribution in [0.15, 0.2) is 39.4 Å². The molecule has 2 amide bonds. The summed E-state index contributed by atoms with van der Waals surface area (Å²) in [5.74, 6) is -0.864. The Morgan fingerprint density at radius 2 is 2.19 bits per heavy atom. The lowest BCUT2D eigenvalue weighted by atomic mass is 10.2. The van der Waals surface area contributed by atoms with Gasteiger partial charge in [0, 0.05) is 5.39 Å². The Hall–Kier alpha value is -2.19. The number of carbonyl (C=O) groups is 2. The number of rotatable bonds is 3. The normalized spacial score (nSPS) is 10.7. The minimum Gasteiger partial charge on any atom is -0.450 e. The van der Waals surface area contributed by atoms with E-state index in [2.05, 4.69) is 26.2 Å². The Kier molecular flexibility index (Phi) is 3.48. The number of halogens is 1. The van der Waals surface area contributed by atoms with E-state index in [0.717, 1.165) is 21.2 Å². The first kappa shape index (κ1) is 13.8. The summed E-state index contributed by atoms with van der Waals surface area (Å²) in [5.41, 5.74) is 5.73. The Morgan fingerprint density at radius 3 is 2.86 bits per heavy atom. The van der Waals surface area contributed by atoms with Gasteiger partial charge >= 0.3 is 0 Å². The van der Waals surface area contributed by atoms with Gasteiger partial charge in [-0.1, -0.05) is 23.5 Å². The van der Waals surface area contributed by atoms with Crippen LogP contribution in [0.5, 0.6) is 0 Å². The fraction of sp³-hybridized carbons (Fsp3) is 0. The summed E-state index contributed by atoms with van der Waals surface area (Å²) in [6, 6.07) is 7.16. The van der Waals surface area contributed by atoms with Gasteiger partial charge in [-0.3, -0.25) is 14.9 Å². The summed E-state index contributed by atoms with van der Waals surface area (Å²) in [6.07, 6.45) is 1.32. The minimum atomic E-state index is -0.583. The maximum atomic E-state index is 12.1. The largest absolute Gasteiger partial charge is 0.450 e. The van der Waals surface area contributed by atoms with E-state index >= 15 is 0 Å². The van der Waals surface area contributed by atoms with Crippen LogP contribution in [-0.4, -0.2) is 16.8 Å². The van der Waals surface area contributed by atoms with Crippen LogP contribution in [0.1, 0.15) is 20.2 Å². The van der Waals surface area contributed by atoms with E-state index in [4.69, 9.17) is 10.2 Å². The van der Waals surface area contributed by atoms with Crippen LogP contribution >= 0.6 is 27.3 Å². The number of furan rings is 1. The number of benzene rings is 1. The van der Waals surface area contributed by atoms with Gasteiger partial charge in [0.1, 0.15) is 10.5 Å². The second-order valence-electron chi connectivity index (χ2n) is 4.12. The number of nitrogens with two attached hydrogens (primary N) is 1. The first-order valence-electron chi connectivity index (χ1n) is 5.79. The second kappa shape index (κ2) is 5.30. The Labute approximate surface area is 131 Å². The molecule has 0 aliphatic heterocycles. The monoisotopic (exact) mass is 365 g/mol. The molecule has 0 spiro atoms. The predicted octanol–water partition coefficient (Wildman–Crippen LogP) is 3.00. The topological polar surface area (TPSA) is 98.2 Å². The molecule has 0 unspecified atom stereocenters. The van der Waals surface area contributed by atoms with Crippen molar-refractivity contribution in [2.75, 3.05) is 5.32 Å². The third-order valence-electron chi connectivity index (χ3n) is 2.69. The number of nitrogens with zero attached hydrogens (tertiary/aromatic N) is 1. The van der Waals surface area contributed by atoms with E-state index in [1.165, 1.54) is 6.20 Å². The molecular weight excluding hydrogens is 358 g/mol. The summed E-state index contributed by atoms with van der Waals surface area (Å²) in [4.78, 5) is 27.3. The zero-order valence-electron chi connectivity index (χ0n) is 10.4. The average Bonchev–Trinajstić information content (AvgIpc) is 3.05. The van der Waals surface area contributed by atoms with Crippen molar-refractivity contribution in [1.29, 1.82) is 0 Å². The highest BCUT2D eigenvalue weighted by Gasteiger charge is 2.16. The molecule has 0 aliphatic rings. The molecule has 2 heterocycles. The molecule has 3 N–H and O–H groups in total. The summed E-state index contributed by atoms with van der Waals surface area (Å²) < 4.78 is 6.28. The van der Waals surface area contributed by atoms with E-state index in [-0.39, 0.29) is 15.8 Å². The van der Waals surface area contributed by atoms with E-state index in [1.807, 2.05) is 18.2 Å². The van der Waals surface area contributed by atoms with Crippen LogP contribution in [0.4, 0.5) is 5.13 Å². The molecule has 0 saturated heterocycles. The number of aromatic nitrogens is 1. The molecule has 0 saturated carbocycles. The number of carbonyl (C=O) groups excluding carboxylic acids is 2. The molecule has 21 heavy (non-hydrogen) atoms. The molecule has 8 heteroatoms. The molecule has 6 nitrogen and oxygen atoms in total. The van der Waals surface area contributed by atoms with Crippen molar-refractivity contribution in [3.05, 3.63) is 45.6 Å². The summed E-state index contributed by atoms with van der Waals surface area (Å²) in [6.45, 7) is 0. The molecule has 0 aliphatic carbocycles. The highest BCUT2D eigenvalue weighted by Crippen LogP contribution is 2.27. The zero-order valence-corrected chi connectivity index (χ0v) is 12.8. The fourth-order valence-electron chi connectivity index (χ4n) is 1.74. The van der Waals surface area contributed by atoms with Gasteiger partial charge < -0.3 is 10.2 Å². The zero-order chi connectivity index (χ0) is 15.0. The van der Waals surface area contributed by atoms with Crippen molar-refractivity contribution in [2.24, 2.45) is 5.73 Å². The SMILES string of the molecule is NC(=O)c1cnc(NC(=O)c2cc3cccc(Br)c3o2)s1. The first-order valence-corrected chi connectivity index (χ1v) is 7.40. The summed E-state index contributed by atoms with van der Waals surface area (Å²) in [7, 11) is 0. The van der Waals surface area contributed by atoms with Crippen LogP contribution in [0.3, 0.4) is 0 Å². The molecule has 2 aromatic heterocycles. The van der Waals surface area contributed by atoms with Crippen LogP contribution < -0.4 is 11.1 Å². The number of fused-ring (bicyclic) bond motifs is 1. The average molecular weight is 366 g/mol. The van der Waals surface area contributed by atoms with Crippen LogP contribution in [0, 0.1) is 0 Å². The van der Waals surface area contributed by atoms with Crippen molar-refractivity contribution < 1.29 is 14.0 Å². The lowest BCUT2D eigenvalue weighted by Crippen LogP contribution is -2.10. The molecule has 0 bridgehead atoms. The maximum Gasteiger partial charge on any atom is 0.293 e. The van der Waals surface area contributed by atoms with E-state index < -0.39 is 11.8 Å². The predicted molar refractivity (Wildman–Crippen MR) is 82.5 cm³/mol. The summed E-state index contributed by atoms with van der Waals surface area (Å²) in [5, 5.41) is 3.66. The smallest absolute Gasteiger partial charge is 0.293 e. The Bertz CT molecular complexity index is 855. The van der Waals surface area contributed by atoms with E-state index in [0.29, 0.717) is 5.58 Å². The highest BCUT2D eigenvalue weighted by atomic mass is 79.9. The molecule has 3 rings (SSSR count). The molecule has 0 fully saturated rings. The van der Waals surface area contributed by atoms with Crippen molar-refractivity contribution in [3.63, 3.8) is 0 Å². The van der Waals surface area contributed by atoms with Gasteiger partial charge in [-0.25, -0.2) is 4.98 Å². The lowest BCUT2D eigenvalue weighted by Gasteiger charge is -1.96. The molecule has 3 aromatic rings. The standard InChI is InChI=1S/C13H8BrN3O3S/c14-7-3-1-2-6-4-8(20-10(6)7)12(19)17-13-16-5-9(21-13)11(15)18/h1-5H,(H2,15,18)(H,16,17,19). The minimum absolute atomic E-state index is 0.160. The van der Waals surface area contributed by atoms with Gasteiger partial charge in [-0.2, -0.15) is 0 Å². The second-order valence-corrected chi connectivity index (χ2v) is 6.00. The number of thiazole rings is 1. The molecule has 0 radical (unpaired) electrons. The number of para-hydroxylation sites is 1. The quantitative estimate of drug-likeness (QED) is 0.745. The lowest BCUT2D eigenvalue weighted by molar-refractivity contribution is 0.0993. The molecule has 1 aromatic carbocycles. The number of hydrogen-bond donors (Lipinski definition) is 2. The third-order valence-corrected chi connectivity index (χ3v) is 4.24. The van der Waals surface area contributed by atoms with Gasteiger partial charge in [0.2, 0.25) is 0 Å². The number of anilines is 1. The molecule has 106 valence electrons. The number of hydrogen-bond acceptors (Lipinski definition) is 5. The number of nitrogens with one attached hydrogen (secondary N) is 1. The van der Waals surface area contributed by atoms with Crippen molar-refractivity contribution >= 4 is 55.2 Å². The van der Waals surface area contributed by atoms with Crippen molar-refractivity contribution in [3.8, 4) is 0 Å². The third kappa shape index (κ3) is 2.67. The number of primary amides is 1. The summed E-state index contributed by atoms with van der Waals surface area (Å²) >= 11 is 4.36. The van der Waals surface area contributed by atoms with Crippen LogP contribution in [-0.2, 0) is 0 Å². The van der Waals surface area contributed by atoms with Gasteiger partial charge in [0.05, 0.1) is 10.7 Å². The first-order chi connectivity index (χ1) is 10.0. The van der Waals surface area contributed by atoms with E-state index in [1.54, 1.807) is 6.07 Å². The highest BCUT2D eigenvalue weighted by molar-refractivity contribution is 9.10. The fourth-order valence-corrected chi connectivity index (χ4v) is 2.87. The van der Waals surface area contributed by atoms with Gasteiger partial charge in [-0.05, 0) is 28.1 Å². The van der Waals surface area contributed by atoms with Gasteiger partial charge in [0.25, 0.3) is 11.8 Å². The van der Waals surface area contributed by atoms with E-state index in [9.17, 15) is 9.59 Å². The van der Waals surface area contributed by atoms with Crippen LogP contribution in [0.2, 0.25) is 0 Å². The van der Waals surface area contributed by atoms with Gasteiger partial charge in [0.15, 0.2) is 10.9 Å². The van der Waals surface area contributed by atoms with Crippen LogP contribution in [0.25, 0.3) is 11.0 Å². The number of amides is 2. The maximum absolute atomic E-state index is 12.1. The van der Waals surface area contributed by atoms with Gasteiger partial charge in [-0.15, -0.1) is 0 Å². The molecular formula is C13H8BrN3O3S. The molecule has 0 atom stereocenters. The van der Waals surface area contributed by atoms with Crippen molar-refractivity contribution in [1.82, 2.24) is 4.98 Å². The Morgan fingerprint density at radius 1 is 1.38 bits per heavy atom.